The van der Waals surface area contributed by atoms with Crippen LogP contribution in [0.4, 0.5) is 13.2 Å². The number of esters is 2. The molecule has 1 unspecified atom stereocenters. The lowest BCUT2D eigenvalue weighted by Gasteiger charge is -2.18. The number of hydrogen-bond donors (Lipinski definition) is 0. The van der Waals surface area contributed by atoms with Crippen molar-refractivity contribution in [2.75, 3.05) is 19.5 Å². The Morgan fingerprint density at radius 3 is 2.29 bits per heavy atom. The van der Waals surface area contributed by atoms with Crippen molar-refractivity contribution >= 4 is 40.4 Å². The molecule has 2 aromatic carbocycles. The molecular formula is C22H20ClF3O7S. The first-order valence-electron chi connectivity index (χ1n) is 9.73. The van der Waals surface area contributed by atoms with Crippen molar-refractivity contribution < 1.29 is 46.5 Å². The van der Waals surface area contributed by atoms with Crippen molar-refractivity contribution in [2.45, 2.75) is 26.1 Å². The topological polar surface area (TPSA) is 88.1 Å². The Labute approximate surface area is 202 Å². The zero-order valence-electron chi connectivity index (χ0n) is 18.2. The maximum absolute atomic E-state index is 13.6. The van der Waals surface area contributed by atoms with Gasteiger partial charge in [-0.25, -0.2) is 4.79 Å². The summed E-state index contributed by atoms with van der Waals surface area (Å²) < 4.78 is 61.1. The molecule has 0 N–H and O–H groups in total. The average molecular weight is 521 g/mol. The fourth-order valence-electron chi connectivity index (χ4n) is 2.63. The Balaban J connectivity index is 2.42. The summed E-state index contributed by atoms with van der Waals surface area (Å²) in [7, 11) is 1.19. The average Bonchev–Trinajstić information content (AvgIpc) is 2.78. The molecule has 1 atom stereocenters. The van der Waals surface area contributed by atoms with Gasteiger partial charge in [-0.3, -0.25) is 9.59 Å². The molecule has 0 amide bonds. The minimum absolute atomic E-state index is 0.0255. The van der Waals surface area contributed by atoms with E-state index in [-0.39, 0.29) is 23.9 Å². The van der Waals surface area contributed by atoms with Crippen LogP contribution >= 0.6 is 23.4 Å². The van der Waals surface area contributed by atoms with Crippen LogP contribution in [0, 0.1) is 0 Å². The summed E-state index contributed by atoms with van der Waals surface area (Å²) in [6, 6.07) is 7.66. The number of thioether (sulfide) groups is 1. The predicted molar refractivity (Wildman–Crippen MR) is 118 cm³/mol. The van der Waals surface area contributed by atoms with E-state index >= 15 is 0 Å². The summed E-state index contributed by atoms with van der Waals surface area (Å²) in [6.07, 6.45) is -5.90. The number of para-hydroxylation sites is 2. The number of hydrogen-bond acceptors (Lipinski definition) is 8. The van der Waals surface area contributed by atoms with E-state index in [0.717, 1.165) is 6.07 Å². The molecule has 7 nitrogen and oxygen atoms in total. The minimum Gasteiger partial charge on any atom is -0.475 e. The van der Waals surface area contributed by atoms with Crippen molar-refractivity contribution in [2.24, 2.45) is 0 Å². The second kappa shape index (κ2) is 12.0. The lowest BCUT2D eigenvalue weighted by atomic mass is 10.1. The van der Waals surface area contributed by atoms with Gasteiger partial charge in [0, 0.05) is 0 Å². The van der Waals surface area contributed by atoms with Crippen LogP contribution in [0.25, 0.3) is 0 Å². The highest BCUT2D eigenvalue weighted by Gasteiger charge is 2.38. The highest BCUT2D eigenvalue weighted by atomic mass is 35.5. The number of methoxy groups -OCH3 is 1. The van der Waals surface area contributed by atoms with Gasteiger partial charge in [0.1, 0.15) is 5.75 Å². The Hall–Kier alpha value is -2.92. The first-order chi connectivity index (χ1) is 16.0. The smallest absolute Gasteiger partial charge is 0.417 e. The molecule has 0 heterocycles. The van der Waals surface area contributed by atoms with E-state index in [0.29, 0.717) is 17.8 Å². The third-order valence-corrected chi connectivity index (χ3v) is 5.37. The fraction of sp³-hybridized carbons (Fsp3) is 0.318. The summed E-state index contributed by atoms with van der Waals surface area (Å²) >= 11 is 6.51. The Kier molecular flexibility index (Phi) is 9.63. The summed E-state index contributed by atoms with van der Waals surface area (Å²) in [6.45, 7) is 3.05. The van der Waals surface area contributed by atoms with E-state index in [1.165, 1.54) is 26.2 Å². The summed E-state index contributed by atoms with van der Waals surface area (Å²) in [5, 5.41) is -1.69. The molecule has 0 spiro atoms. The second-order valence-electron chi connectivity index (χ2n) is 6.51. The molecule has 0 aliphatic rings. The highest BCUT2D eigenvalue weighted by Crippen LogP contribution is 2.43. The van der Waals surface area contributed by atoms with Crippen LogP contribution in [-0.4, -0.2) is 42.6 Å². The van der Waals surface area contributed by atoms with Gasteiger partial charge < -0.3 is 18.9 Å². The first-order valence-corrected chi connectivity index (χ1v) is 11.1. The van der Waals surface area contributed by atoms with Crippen LogP contribution in [-0.2, 0) is 25.2 Å². The van der Waals surface area contributed by atoms with Crippen molar-refractivity contribution in [3.63, 3.8) is 0 Å². The number of carbonyl (C=O) groups excluding carboxylic acids is 3. The number of benzene rings is 2. The van der Waals surface area contributed by atoms with Crippen LogP contribution < -0.4 is 9.47 Å². The van der Waals surface area contributed by atoms with E-state index in [9.17, 15) is 27.6 Å². The largest absolute Gasteiger partial charge is 0.475 e. The van der Waals surface area contributed by atoms with Crippen LogP contribution in [0.2, 0.25) is 5.02 Å². The molecule has 0 fully saturated rings. The third-order valence-electron chi connectivity index (χ3n) is 4.15. The Bertz CT molecular complexity index is 1060. The normalized spacial score (nSPS) is 12.0. The molecule has 0 aromatic heterocycles. The Morgan fingerprint density at radius 1 is 1.06 bits per heavy atom. The number of rotatable bonds is 9. The molecular weight excluding hydrogens is 501 g/mol. The second-order valence-corrected chi connectivity index (χ2v) is 7.84. The summed E-state index contributed by atoms with van der Waals surface area (Å²) in [5.74, 6) is -2.07. The van der Waals surface area contributed by atoms with Gasteiger partial charge in [0.05, 0.1) is 35.6 Å². The quantitative estimate of drug-likeness (QED) is 0.399. The van der Waals surface area contributed by atoms with E-state index in [4.69, 9.17) is 21.1 Å². The van der Waals surface area contributed by atoms with Crippen LogP contribution in [0.5, 0.6) is 17.2 Å². The summed E-state index contributed by atoms with van der Waals surface area (Å²) in [5.41, 5.74) is -2.14. The molecule has 0 saturated heterocycles. The van der Waals surface area contributed by atoms with E-state index < -0.39 is 51.2 Å². The molecule has 34 heavy (non-hydrogen) atoms. The third kappa shape index (κ3) is 7.04. The summed E-state index contributed by atoms with van der Waals surface area (Å²) in [4.78, 5) is 35.8. The molecule has 2 rings (SSSR count). The standard InChI is InChI=1S/C22H20ClF3O7S/c1-4-31-17(27)11-34-21(29)18-13(22(24,25)26)9-10-16(19(18)23)33-15-8-6-5-7-14(15)32-12(2)20(28)30-3/h5-10,12H,4,11H2,1-3H3. The number of carbonyl (C=O) groups is 3. The molecule has 0 bridgehead atoms. The first kappa shape index (κ1) is 27.3. The van der Waals surface area contributed by atoms with Crippen molar-refractivity contribution in [3.8, 4) is 17.2 Å². The monoisotopic (exact) mass is 520 g/mol. The van der Waals surface area contributed by atoms with Crippen LogP contribution in [0.1, 0.15) is 29.8 Å². The van der Waals surface area contributed by atoms with Gasteiger partial charge in [-0.15, -0.1) is 0 Å². The lowest BCUT2D eigenvalue weighted by Crippen LogP contribution is -2.25. The van der Waals surface area contributed by atoms with Gasteiger partial charge >= 0.3 is 18.1 Å². The molecule has 0 aliphatic heterocycles. The molecule has 0 radical (unpaired) electrons. The van der Waals surface area contributed by atoms with Gasteiger partial charge in [-0.2, -0.15) is 13.2 Å². The van der Waals surface area contributed by atoms with Gasteiger partial charge in [0.15, 0.2) is 17.6 Å². The van der Waals surface area contributed by atoms with Crippen LogP contribution in [0.3, 0.4) is 0 Å². The molecule has 0 saturated carbocycles. The van der Waals surface area contributed by atoms with Gasteiger partial charge in [0.25, 0.3) is 0 Å². The molecule has 12 heteroatoms. The zero-order valence-corrected chi connectivity index (χ0v) is 19.8. The van der Waals surface area contributed by atoms with Crippen molar-refractivity contribution in [1.29, 1.82) is 0 Å². The van der Waals surface area contributed by atoms with Crippen LogP contribution in [0.15, 0.2) is 36.4 Å². The lowest BCUT2D eigenvalue weighted by molar-refractivity contribution is -0.148. The number of halogens is 4. The Morgan fingerprint density at radius 2 is 1.71 bits per heavy atom. The highest BCUT2D eigenvalue weighted by molar-refractivity contribution is 8.14. The van der Waals surface area contributed by atoms with Gasteiger partial charge in [-0.1, -0.05) is 35.5 Å². The number of ether oxygens (including phenoxy) is 4. The van der Waals surface area contributed by atoms with Gasteiger partial charge in [-0.05, 0) is 38.1 Å². The van der Waals surface area contributed by atoms with E-state index in [1.54, 1.807) is 19.1 Å². The van der Waals surface area contributed by atoms with Crippen molar-refractivity contribution in [1.82, 2.24) is 0 Å². The molecule has 2 aromatic rings. The van der Waals surface area contributed by atoms with E-state index in [2.05, 4.69) is 9.47 Å². The SMILES string of the molecule is CCOC(=O)CSC(=O)c1c(C(F)(F)F)ccc(Oc2ccccc2OC(C)C(=O)OC)c1Cl. The maximum atomic E-state index is 13.6. The number of alkyl halides is 3. The zero-order chi connectivity index (χ0) is 25.5. The van der Waals surface area contributed by atoms with Gasteiger partial charge in [0.2, 0.25) is 5.12 Å². The molecule has 184 valence electrons. The minimum atomic E-state index is -4.89. The fourth-order valence-corrected chi connectivity index (χ4v) is 3.66. The van der Waals surface area contributed by atoms with Crippen molar-refractivity contribution in [3.05, 3.63) is 52.5 Å². The molecule has 0 aliphatic carbocycles. The maximum Gasteiger partial charge on any atom is 0.417 e. The predicted octanol–water partition coefficient (Wildman–Crippen LogP) is 5.53. The van der Waals surface area contributed by atoms with E-state index in [1.807, 2.05) is 0 Å².